The Balaban J connectivity index is 2.17. The van der Waals surface area contributed by atoms with Gasteiger partial charge in [-0.25, -0.2) is 4.21 Å². The van der Waals surface area contributed by atoms with E-state index in [0.717, 1.165) is 36.8 Å². The third-order valence-electron chi connectivity index (χ3n) is 5.72. The van der Waals surface area contributed by atoms with Gasteiger partial charge >= 0.3 is 0 Å². The standard InChI is InChI=1S/C22H28O3S/c1-3-5-15-22(4-2)16-25-26(24)19-14-10-9-13-18(19)20(21(22)23)17-11-7-6-8-12-17/h6-14,20-21,23H,3-5,15-16H2,1-2H3. The fourth-order valence-corrected chi connectivity index (χ4v) is 5.04. The number of rotatable bonds is 5. The highest BCUT2D eigenvalue weighted by Crippen LogP contribution is 2.45. The van der Waals surface area contributed by atoms with Gasteiger partial charge in [-0.3, -0.25) is 4.18 Å². The molecule has 0 aliphatic carbocycles. The Labute approximate surface area is 159 Å². The lowest BCUT2D eigenvalue weighted by Gasteiger charge is -2.43. The van der Waals surface area contributed by atoms with E-state index in [2.05, 4.69) is 26.0 Å². The first-order valence-corrected chi connectivity index (χ1v) is 10.6. The van der Waals surface area contributed by atoms with E-state index in [4.69, 9.17) is 4.18 Å². The predicted octanol–water partition coefficient (Wildman–Crippen LogP) is 4.82. The van der Waals surface area contributed by atoms with Gasteiger partial charge in [0.15, 0.2) is 11.1 Å². The fraction of sp³-hybridized carbons (Fsp3) is 0.455. The molecule has 2 aromatic carbocycles. The summed E-state index contributed by atoms with van der Waals surface area (Å²) in [5.74, 6) is -0.211. The van der Waals surface area contributed by atoms with Crippen LogP contribution in [0.2, 0.25) is 0 Å². The van der Waals surface area contributed by atoms with E-state index >= 15 is 0 Å². The summed E-state index contributed by atoms with van der Waals surface area (Å²) in [7, 11) is 0. The molecule has 4 atom stereocenters. The zero-order valence-electron chi connectivity index (χ0n) is 15.6. The van der Waals surface area contributed by atoms with Gasteiger partial charge in [-0.2, -0.15) is 0 Å². The van der Waals surface area contributed by atoms with Gasteiger partial charge in [-0.15, -0.1) is 0 Å². The zero-order chi connectivity index (χ0) is 18.6. The smallest absolute Gasteiger partial charge is 0.189 e. The number of fused-ring (bicyclic) bond motifs is 1. The second-order valence-electron chi connectivity index (χ2n) is 7.19. The molecule has 4 unspecified atom stereocenters. The predicted molar refractivity (Wildman–Crippen MR) is 105 cm³/mol. The van der Waals surface area contributed by atoms with E-state index in [1.165, 1.54) is 0 Å². The Morgan fingerprint density at radius 3 is 2.50 bits per heavy atom. The number of hydrogen-bond donors (Lipinski definition) is 1. The van der Waals surface area contributed by atoms with Crippen LogP contribution >= 0.6 is 0 Å². The summed E-state index contributed by atoms with van der Waals surface area (Å²) >= 11 is -1.52. The number of benzene rings is 2. The molecule has 0 radical (unpaired) electrons. The summed E-state index contributed by atoms with van der Waals surface area (Å²) in [6.07, 6.45) is 3.13. The van der Waals surface area contributed by atoms with E-state index in [0.29, 0.717) is 11.5 Å². The normalized spacial score (nSPS) is 28.8. The van der Waals surface area contributed by atoms with Crippen LogP contribution in [0.1, 0.15) is 56.6 Å². The molecule has 1 heterocycles. The lowest BCUT2D eigenvalue weighted by atomic mass is 9.68. The third-order valence-corrected chi connectivity index (χ3v) is 6.78. The van der Waals surface area contributed by atoms with E-state index in [9.17, 15) is 9.32 Å². The van der Waals surface area contributed by atoms with Crippen molar-refractivity contribution in [2.24, 2.45) is 5.41 Å². The molecular formula is C22H28O3S. The molecule has 4 heteroatoms. The minimum atomic E-state index is -1.52. The van der Waals surface area contributed by atoms with Crippen molar-refractivity contribution in [1.29, 1.82) is 0 Å². The van der Waals surface area contributed by atoms with Gasteiger partial charge < -0.3 is 5.11 Å². The van der Waals surface area contributed by atoms with Crippen molar-refractivity contribution in [3.63, 3.8) is 0 Å². The van der Waals surface area contributed by atoms with Crippen molar-refractivity contribution in [3.8, 4) is 0 Å². The first kappa shape index (κ1) is 19.3. The van der Waals surface area contributed by atoms with Crippen LogP contribution in [0.3, 0.4) is 0 Å². The van der Waals surface area contributed by atoms with Crippen molar-refractivity contribution in [2.75, 3.05) is 6.61 Å². The summed E-state index contributed by atoms with van der Waals surface area (Å²) in [6.45, 7) is 4.57. The molecule has 3 rings (SSSR count). The SMILES string of the molecule is CCCCC1(CC)COS(=O)c2ccccc2C(c2ccccc2)C1O. The number of aliphatic hydroxyl groups excluding tert-OH is 1. The summed E-state index contributed by atoms with van der Waals surface area (Å²) < 4.78 is 18.6. The first-order valence-electron chi connectivity index (χ1n) is 9.50. The molecule has 3 nitrogen and oxygen atoms in total. The summed E-state index contributed by atoms with van der Waals surface area (Å²) in [5, 5.41) is 11.6. The van der Waals surface area contributed by atoms with Gasteiger partial charge in [0.1, 0.15) is 0 Å². The molecule has 1 aliphatic heterocycles. The van der Waals surface area contributed by atoms with Crippen LogP contribution in [0.4, 0.5) is 0 Å². The molecule has 1 N–H and O–H groups in total. The highest BCUT2D eigenvalue weighted by atomic mass is 32.2. The topological polar surface area (TPSA) is 46.5 Å². The summed E-state index contributed by atoms with van der Waals surface area (Å²) in [4.78, 5) is 0.667. The van der Waals surface area contributed by atoms with Crippen LogP contribution in [0, 0.1) is 5.41 Å². The monoisotopic (exact) mass is 372 g/mol. The van der Waals surface area contributed by atoms with Crippen molar-refractivity contribution in [2.45, 2.75) is 56.4 Å². The molecule has 0 aromatic heterocycles. The second-order valence-corrected chi connectivity index (χ2v) is 8.33. The second kappa shape index (κ2) is 8.47. The summed E-state index contributed by atoms with van der Waals surface area (Å²) in [5.41, 5.74) is 1.55. The summed E-state index contributed by atoms with van der Waals surface area (Å²) in [6, 6.07) is 17.7. The largest absolute Gasteiger partial charge is 0.391 e. The minimum absolute atomic E-state index is 0.211. The van der Waals surface area contributed by atoms with E-state index in [-0.39, 0.29) is 5.92 Å². The molecule has 0 saturated heterocycles. The van der Waals surface area contributed by atoms with Crippen molar-refractivity contribution in [1.82, 2.24) is 0 Å². The van der Waals surface area contributed by atoms with E-state index in [1.807, 2.05) is 42.5 Å². The molecule has 0 fully saturated rings. The van der Waals surface area contributed by atoms with Crippen LogP contribution in [-0.2, 0) is 15.3 Å². The van der Waals surface area contributed by atoms with Crippen LogP contribution in [0.25, 0.3) is 0 Å². The maximum atomic E-state index is 12.8. The van der Waals surface area contributed by atoms with Crippen molar-refractivity contribution >= 4 is 11.1 Å². The van der Waals surface area contributed by atoms with Crippen LogP contribution in [0.5, 0.6) is 0 Å². The molecule has 0 spiro atoms. The first-order chi connectivity index (χ1) is 12.6. The van der Waals surface area contributed by atoms with Crippen molar-refractivity contribution in [3.05, 3.63) is 65.7 Å². The van der Waals surface area contributed by atoms with Crippen LogP contribution in [0.15, 0.2) is 59.5 Å². The fourth-order valence-electron chi connectivity index (χ4n) is 3.99. The van der Waals surface area contributed by atoms with Gasteiger partial charge in [-0.1, -0.05) is 75.2 Å². The lowest BCUT2D eigenvalue weighted by Crippen LogP contribution is -2.44. The van der Waals surface area contributed by atoms with Crippen LogP contribution < -0.4 is 0 Å². The molecule has 0 saturated carbocycles. The number of aliphatic hydroxyl groups is 1. The zero-order valence-corrected chi connectivity index (χ0v) is 16.4. The van der Waals surface area contributed by atoms with Crippen LogP contribution in [-0.4, -0.2) is 22.0 Å². The van der Waals surface area contributed by atoms with Gasteiger partial charge in [-0.05, 0) is 30.0 Å². The minimum Gasteiger partial charge on any atom is -0.391 e. The Bertz CT molecular complexity index is 746. The molecule has 2 aromatic rings. The Kier molecular flexibility index (Phi) is 6.28. The number of unbranched alkanes of at least 4 members (excludes halogenated alkanes) is 1. The van der Waals surface area contributed by atoms with Gasteiger partial charge in [0.25, 0.3) is 0 Å². The van der Waals surface area contributed by atoms with Gasteiger partial charge in [0.05, 0.1) is 17.6 Å². The lowest BCUT2D eigenvalue weighted by molar-refractivity contribution is -0.0295. The maximum Gasteiger partial charge on any atom is 0.189 e. The van der Waals surface area contributed by atoms with Gasteiger partial charge in [0.2, 0.25) is 0 Å². The average molecular weight is 373 g/mol. The molecular weight excluding hydrogens is 344 g/mol. The number of hydrogen-bond acceptors (Lipinski definition) is 3. The molecule has 140 valence electrons. The third kappa shape index (κ3) is 3.64. The van der Waals surface area contributed by atoms with E-state index in [1.54, 1.807) is 0 Å². The molecule has 26 heavy (non-hydrogen) atoms. The Morgan fingerprint density at radius 1 is 1.12 bits per heavy atom. The Morgan fingerprint density at radius 2 is 1.81 bits per heavy atom. The Hall–Kier alpha value is -1.49. The highest BCUT2D eigenvalue weighted by molar-refractivity contribution is 7.80. The highest BCUT2D eigenvalue weighted by Gasteiger charge is 2.44. The van der Waals surface area contributed by atoms with E-state index < -0.39 is 22.6 Å². The molecule has 1 aliphatic rings. The average Bonchev–Trinajstić information content (AvgIpc) is 2.69. The molecule has 0 bridgehead atoms. The van der Waals surface area contributed by atoms with Gasteiger partial charge in [0, 0.05) is 11.3 Å². The van der Waals surface area contributed by atoms with Crippen molar-refractivity contribution < 1.29 is 13.5 Å². The molecule has 0 amide bonds. The maximum absolute atomic E-state index is 12.8. The quantitative estimate of drug-likeness (QED) is 0.818.